The standard InChI is InChI=1S/C20H26N4O/c1-15-5-4-6-16(9-15)11-24-8-7-20(13-24)14-25-12-17-10-21-19(23(2)3)22-18(17)20/h4-6,9-10H,7-8,11-14H2,1-3H3/t20-/m0/s1. The molecule has 4 rings (SSSR count). The third kappa shape index (κ3) is 3.14. The Hall–Kier alpha value is -1.98. The Labute approximate surface area is 149 Å². The molecule has 5 heteroatoms. The van der Waals surface area contributed by atoms with Gasteiger partial charge in [0.2, 0.25) is 5.95 Å². The summed E-state index contributed by atoms with van der Waals surface area (Å²) in [5.41, 5.74) is 5.05. The number of nitrogens with zero attached hydrogens (tertiary/aromatic N) is 4. The number of aromatic nitrogens is 2. The first kappa shape index (κ1) is 16.5. The number of aryl methyl sites for hydroxylation is 1. The van der Waals surface area contributed by atoms with E-state index < -0.39 is 0 Å². The Morgan fingerprint density at radius 1 is 1.32 bits per heavy atom. The fourth-order valence-corrected chi connectivity index (χ4v) is 4.08. The third-order valence-corrected chi connectivity index (χ3v) is 5.31. The number of likely N-dealkylation sites (tertiary alicyclic amines) is 1. The molecule has 2 aliphatic heterocycles. The topological polar surface area (TPSA) is 41.5 Å². The van der Waals surface area contributed by atoms with Crippen LogP contribution in [0.4, 0.5) is 5.95 Å². The van der Waals surface area contributed by atoms with Crippen molar-refractivity contribution in [2.75, 3.05) is 38.7 Å². The van der Waals surface area contributed by atoms with Gasteiger partial charge in [0.15, 0.2) is 0 Å². The number of fused-ring (bicyclic) bond motifs is 2. The zero-order valence-electron chi connectivity index (χ0n) is 15.3. The predicted molar refractivity (Wildman–Crippen MR) is 98.8 cm³/mol. The SMILES string of the molecule is Cc1cccc(CN2CC[C@@]3(COCc4cnc(N(C)C)nc43)C2)c1. The molecular weight excluding hydrogens is 312 g/mol. The monoisotopic (exact) mass is 338 g/mol. The van der Waals surface area contributed by atoms with E-state index in [4.69, 9.17) is 9.72 Å². The second-order valence-corrected chi connectivity index (χ2v) is 7.66. The van der Waals surface area contributed by atoms with Crippen LogP contribution in [0.15, 0.2) is 30.5 Å². The van der Waals surface area contributed by atoms with E-state index in [9.17, 15) is 0 Å². The molecule has 5 nitrogen and oxygen atoms in total. The van der Waals surface area contributed by atoms with Crippen LogP contribution in [0.5, 0.6) is 0 Å². The number of ether oxygens (including phenoxy) is 1. The summed E-state index contributed by atoms with van der Waals surface area (Å²) in [6.45, 7) is 6.61. The van der Waals surface area contributed by atoms with Crippen LogP contribution in [0, 0.1) is 6.92 Å². The first-order chi connectivity index (χ1) is 12.1. The predicted octanol–water partition coefficient (Wildman–Crippen LogP) is 2.52. The lowest BCUT2D eigenvalue weighted by molar-refractivity contribution is 0.0503. The molecule has 1 fully saturated rings. The fourth-order valence-electron chi connectivity index (χ4n) is 4.08. The molecule has 1 aromatic heterocycles. The smallest absolute Gasteiger partial charge is 0.225 e. The third-order valence-electron chi connectivity index (χ3n) is 5.31. The van der Waals surface area contributed by atoms with E-state index in [1.165, 1.54) is 16.8 Å². The Morgan fingerprint density at radius 3 is 3.00 bits per heavy atom. The largest absolute Gasteiger partial charge is 0.376 e. The summed E-state index contributed by atoms with van der Waals surface area (Å²) < 4.78 is 5.93. The van der Waals surface area contributed by atoms with Crippen molar-refractivity contribution >= 4 is 5.95 Å². The summed E-state index contributed by atoms with van der Waals surface area (Å²) in [4.78, 5) is 13.9. The maximum Gasteiger partial charge on any atom is 0.225 e. The number of hydrogen-bond donors (Lipinski definition) is 0. The van der Waals surface area contributed by atoms with E-state index >= 15 is 0 Å². The summed E-state index contributed by atoms with van der Waals surface area (Å²) in [6.07, 6.45) is 3.04. The van der Waals surface area contributed by atoms with Gasteiger partial charge in [0.25, 0.3) is 0 Å². The Morgan fingerprint density at radius 2 is 2.20 bits per heavy atom. The summed E-state index contributed by atoms with van der Waals surface area (Å²) >= 11 is 0. The van der Waals surface area contributed by atoms with Crippen molar-refractivity contribution in [3.05, 3.63) is 52.8 Å². The molecule has 1 spiro atoms. The molecule has 1 atom stereocenters. The van der Waals surface area contributed by atoms with Gasteiger partial charge in [-0.25, -0.2) is 9.97 Å². The average molecular weight is 338 g/mol. The minimum Gasteiger partial charge on any atom is -0.376 e. The normalized spacial score (nSPS) is 23.0. The van der Waals surface area contributed by atoms with Gasteiger partial charge in [0, 0.05) is 38.9 Å². The Kier molecular flexibility index (Phi) is 4.21. The molecule has 0 amide bonds. The minimum atomic E-state index is 0.00507. The van der Waals surface area contributed by atoms with Crippen LogP contribution in [-0.2, 0) is 23.3 Å². The van der Waals surface area contributed by atoms with Crippen LogP contribution in [0.25, 0.3) is 0 Å². The van der Waals surface area contributed by atoms with Gasteiger partial charge in [-0.2, -0.15) is 0 Å². The first-order valence-electron chi connectivity index (χ1n) is 8.95. The lowest BCUT2D eigenvalue weighted by atomic mass is 9.80. The highest BCUT2D eigenvalue weighted by molar-refractivity contribution is 5.37. The zero-order chi connectivity index (χ0) is 17.4. The maximum absolute atomic E-state index is 5.93. The Balaban J connectivity index is 1.59. The van der Waals surface area contributed by atoms with Crippen LogP contribution >= 0.6 is 0 Å². The molecule has 0 N–H and O–H groups in total. The average Bonchev–Trinajstić information content (AvgIpc) is 2.98. The highest BCUT2D eigenvalue weighted by atomic mass is 16.5. The van der Waals surface area contributed by atoms with E-state index in [1.807, 2.05) is 25.2 Å². The second-order valence-electron chi connectivity index (χ2n) is 7.66. The van der Waals surface area contributed by atoms with E-state index in [0.717, 1.165) is 44.2 Å². The molecule has 2 aliphatic rings. The van der Waals surface area contributed by atoms with Crippen molar-refractivity contribution in [1.82, 2.24) is 14.9 Å². The van der Waals surface area contributed by atoms with Gasteiger partial charge in [0.1, 0.15) is 0 Å². The fraction of sp³-hybridized carbons (Fsp3) is 0.500. The maximum atomic E-state index is 5.93. The van der Waals surface area contributed by atoms with Crippen molar-refractivity contribution in [1.29, 1.82) is 0 Å². The number of rotatable bonds is 3. The van der Waals surface area contributed by atoms with Crippen LogP contribution in [0.2, 0.25) is 0 Å². The van der Waals surface area contributed by atoms with Crippen molar-refractivity contribution in [2.45, 2.75) is 31.9 Å². The minimum absolute atomic E-state index is 0.00507. The summed E-state index contributed by atoms with van der Waals surface area (Å²) in [5, 5.41) is 0. The molecule has 0 saturated carbocycles. The van der Waals surface area contributed by atoms with Crippen LogP contribution < -0.4 is 4.90 Å². The summed E-state index contributed by atoms with van der Waals surface area (Å²) in [5.74, 6) is 0.789. The van der Waals surface area contributed by atoms with Gasteiger partial charge in [-0.1, -0.05) is 29.8 Å². The van der Waals surface area contributed by atoms with Gasteiger partial charge in [-0.3, -0.25) is 4.90 Å². The number of anilines is 1. The van der Waals surface area contributed by atoms with E-state index in [-0.39, 0.29) is 5.41 Å². The number of hydrogen-bond acceptors (Lipinski definition) is 5. The molecule has 1 saturated heterocycles. The first-order valence-corrected chi connectivity index (χ1v) is 8.95. The van der Waals surface area contributed by atoms with Gasteiger partial charge in [-0.05, 0) is 25.5 Å². The van der Waals surface area contributed by atoms with Crippen LogP contribution in [0.3, 0.4) is 0 Å². The molecule has 0 unspecified atom stereocenters. The van der Waals surface area contributed by atoms with Crippen molar-refractivity contribution in [3.63, 3.8) is 0 Å². The quantitative estimate of drug-likeness (QED) is 0.860. The van der Waals surface area contributed by atoms with Crippen molar-refractivity contribution in [2.24, 2.45) is 0 Å². The molecule has 0 radical (unpaired) electrons. The van der Waals surface area contributed by atoms with Crippen LogP contribution in [0.1, 0.15) is 28.8 Å². The second kappa shape index (κ2) is 6.39. The van der Waals surface area contributed by atoms with Crippen LogP contribution in [-0.4, -0.2) is 48.7 Å². The van der Waals surface area contributed by atoms with Crippen molar-refractivity contribution in [3.8, 4) is 0 Å². The lowest BCUT2D eigenvalue weighted by Crippen LogP contribution is -2.40. The summed E-state index contributed by atoms with van der Waals surface area (Å²) in [6, 6.07) is 8.80. The summed E-state index contributed by atoms with van der Waals surface area (Å²) in [7, 11) is 3.98. The molecule has 1 aromatic carbocycles. The van der Waals surface area contributed by atoms with E-state index in [0.29, 0.717) is 6.61 Å². The Bertz CT molecular complexity index is 776. The van der Waals surface area contributed by atoms with Gasteiger partial charge < -0.3 is 9.64 Å². The highest BCUT2D eigenvalue weighted by Crippen LogP contribution is 2.39. The van der Waals surface area contributed by atoms with E-state index in [1.54, 1.807) is 0 Å². The zero-order valence-corrected chi connectivity index (χ0v) is 15.3. The molecular formula is C20H26N4O. The molecule has 0 bridgehead atoms. The van der Waals surface area contributed by atoms with Gasteiger partial charge in [-0.15, -0.1) is 0 Å². The molecule has 3 heterocycles. The molecule has 132 valence electrons. The van der Waals surface area contributed by atoms with E-state index in [2.05, 4.69) is 41.1 Å². The van der Waals surface area contributed by atoms with Gasteiger partial charge in [0.05, 0.1) is 24.3 Å². The molecule has 2 aromatic rings. The van der Waals surface area contributed by atoms with Crippen molar-refractivity contribution < 1.29 is 4.74 Å². The highest BCUT2D eigenvalue weighted by Gasteiger charge is 2.44. The number of benzene rings is 1. The van der Waals surface area contributed by atoms with Gasteiger partial charge >= 0.3 is 0 Å². The lowest BCUT2D eigenvalue weighted by Gasteiger charge is -2.34. The molecule has 0 aliphatic carbocycles. The molecule has 25 heavy (non-hydrogen) atoms.